The Morgan fingerprint density at radius 1 is 0.978 bits per heavy atom. The zero-order valence-electron chi connectivity index (χ0n) is 28.0. The van der Waals surface area contributed by atoms with Gasteiger partial charge < -0.3 is 39.8 Å². The van der Waals surface area contributed by atoms with Crippen molar-refractivity contribution in [1.29, 1.82) is 0 Å². The average Bonchev–Trinajstić information content (AvgIpc) is 3.00. The van der Waals surface area contributed by atoms with Crippen molar-refractivity contribution in [2.45, 2.75) is 58.2 Å². The summed E-state index contributed by atoms with van der Waals surface area (Å²) in [7, 11) is 9.10. The molecule has 1 aliphatic heterocycles. The van der Waals surface area contributed by atoms with Gasteiger partial charge in [-0.05, 0) is 58.2 Å². The number of anilines is 3. The lowest BCUT2D eigenvalue weighted by molar-refractivity contribution is 0.0527. The number of fused-ring (bicyclic) bond motifs is 1. The number of piperidine rings is 1. The van der Waals surface area contributed by atoms with Gasteiger partial charge >= 0.3 is 6.09 Å². The molecule has 0 unspecified atom stereocenters. The van der Waals surface area contributed by atoms with Gasteiger partial charge in [-0.3, -0.25) is 4.90 Å². The summed E-state index contributed by atoms with van der Waals surface area (Å²) in [6.07, 6.45) is 2.17. The maximum Gasteiger partial charge on any atom is 0.407 e. The van der Waals surface area contributed by atoms with Crippen LogP contribution in [-0.2, 0) is 11.3 Å². The van der Waals surface area contributed by atoms with Crippen LogP contribution in [0.4, 0.5) is 22.2 Å². The lowest BCUT2D eigenvalue weighted by Gasteiger charge is -2.34. The Balaban J connectivity index is 1.44. The lowest BCUT2D eigenvalue weighted by atomic mass is 10.0. The van der Waals surface area contributed by atoms with Gasteiger partial charge in [0.1, 0.15) is 17.2 Å². The maximum absolute atomic E-state index is 11.9. The maximum atomic E-state index is 11.9. The predicted molar refractivity (Wildman–Crippen MR) is 179 cm³/mol. The van der Waals surface area contributed by atoms with Crippen LogP contribution in [0.3, 0.4) is 0 Å². The molecule has 0 aliphatic carbocycles. The molecule has 0 radical (unpaired) electrons. The minimum atomic E-state index is -0.532. The molecule has 45 heavy (non-hydrogen) atoms. The van der Waals surface area contributed by atoms with Gasteiger partial charge in [0.15, 0.2) is 11.5 Å². The van der Waals surface area contributed by atoms with E-state index in [4.69, 9.17) is 28.9 Å². The van der Waals surface area contributed by atoms with E-state index in [-0.39, 0.29) is 6.04 Å². The summed E-state index contributed by atoms with van der Waals surface area (Å²) < 4.78 is 22.1. The quantitative estimate of drug-likeness (QED) is 0.220. The van der Waals surface area contributed by atoms with Crippen LogP contribution in [0.15, 0.2) is 30.3 Å². The Hall–Kier alpha value is -4.19. The summed E-state index contributed by atoms with van der Waals surface area (Å²) >= 11 is 0. The van der Waals surface area contributed by atoms with Gasteiger partial charge in [0, 0.05) is 75.6 Å². The first-order chi connectivity index (χ1) is 21.5. The molecule has 0 bridgehead atoms. The van der Waals surface area contributed by atoms with Crippen molar-refractivity contribution in [2.75, 3.05) is 77.1 Å². The molecule has 0 atom stereocenters. The van der Waals surface area contributed by atoms with E-state index in [9.17, 15) is 4.79 Å². The largest absolute Gasteiger partial charge is 0.496 e. The molecule has 0 saturated carbocycles. The standard InChI is InChI=1S/C33H49N7O5/c1-33(2,3)45-32(41)35-16-10-15-34-31-37-25-20-29(44-8)28(43-7)19-23(25)30(38-31)36-22-13-17-40(18-14-22)21-24-26(39(4)5)11-9-12-27(24)42-6/h9,11-12,19-20,22H,10,13-18,21H2,1-8H3,(H,35,41)(H2,34,36,37,38). The number of nitrogens with one attached hydrogen (secondary N) is 3. The van der Waals surface area contributed by atoms with Crippen LogP contribution < -0.4 is 35.1 Å². The molecule has 1 fully saturated rings. The number of benzene rings is 2. The summed E-state index contributed by atoms with van der Waals surface area (Å²) in [6.45, 7) is 9.28. The Kier molecular flexibility index (Phi) is 11.4. The Bertz CT molecular complexity index is 1440. The molecule has 1 amide bonds. The molecule has 3 N–H and O–H groups in total. The second kappa shape index (κ2) is 15.2. The van der Waals surface area contributed by atoms with Crippen LogP contribution in [0.1, 0.15) is 45.6 Å². The minimum absolute atomic E-state index is 0.240. The second-order valence-corrected chi connectivity index (χ2v) is 12.4. The Labute approximate surface area is 266 Å². The summed E-state index contributed by atoms with van der Waals surface area (Å²) in [5.74, 6) is 3.38. The first kappa shape index (κ1) is 33.7. The molecule has 2 aromatic carbocycles. The third-order valence-corrected chi connectivity index (χ3v) is 7.63. The Morgan fingerprint density at radius 3 is 2.31 bits per heavy atom. The molecular weight excluding hydrogens is 574 g/mol. The highest BCUT2D eigenvalue weighted by atomic mass is 16.6. The molecule has 0 spiro atoms. The fourth-order valence-corrected chi connectivity index (χ4v) is 5.41. The first-order valence-corrected chi connectivity index (χ1v) is 15.5. The van der Waals surface area contributed by atoms with Gasteiger partial charge in [-0.2, -0.15) is 4.98 Å². The van der Waals surface area contributed by atoms with Crippen LogP contribution in [-0.4, -0.2) is 94.2 Å². The van der Waals surface area contributed by atoms with Gasteiger partial charge in [-0.1, -0.05) is 6.07 Å². The Morgan fingerprint density at radius 2 is 1.67 bits per heavy atom. The number of carbonyl (C=O) groups excluding carboxylic acids is 1. The van der Waals surface area contributed by atoms with E-state index in [0.29, 0.717) is 37.0 Å². The SMILES string of the molecule is COc1cc2nc(NCCCNC(=O)OC(C)(C)C)nc(NC3CCN(Cc4c(OC)cccc4N(C)C)CC3)c2cc1OC. The highest BCUT2D eigenvalue weighted by Crippen LogP contribution is 2.36. The molecule has 3 aromatic rings. The number of likely N-dealkylation sites (tertiary alicyclic amines) is 1. The number of methoxy groups -OCH3 is 3. The minimum Gasteiger partial charge on any atom is -0.496 e. The number of alkyl carbamates (subject to hydrolysis) is 1. The van der Waals surface area contributed by atoms with Crippen molar-refractivity contribution in [2.24, 2.45) is 0 Å². The first-order valence-electron chi connectivity index (χ1n) is 15.5. The van der Waals surface area contributed by atoms with Crippen molar-refractivity contribution >= 4 is 34.4 Å². The molecule has 2 heterocycles. The van der Waals surface area contributed by atoms with Crippen molar-refractivity contribution in [3.05, 3.63) is 35.9 Å². The third-order valence-electron chi connectivity index (χ3n) is 7.63. The molecule has 246 valence electrons. The number of aromatic nitrogens is 2. The number of hydrogen-bond donors (Lipinski definition) is 3. The predicted octanol–water partition coefficient (Wildman–Crippen LogP) is 5.12. The van der Waals surface area contributed by atoms with Crippen molar-refractivity contribution < 1.29 is 23.7 Å². The van der Waals surface area contributed by atoms with E-state index in [1.54, 1.807) is 21.3 Å². The number of nitrogens with zero attached hydrogens (tertiary/aromatic N) is 4. The fraction of sp³-hybridized carbons (Fsp3) is 0.545. The van der Waals surface area contributed by atoms with Crippen molar-refractivity contribution in [3.63, 3.8) is 0 Å². The lowest BCUT2D eigenvalue weighted by Crippen LogP contribution is -2.39. The van der Waals surface area contributed by atoms with E-state index < -0.39 is 11.7 Å². The zero-order chi connectivity index (χ0) is 32.6. The molecular formula is C33H49N7O5. The van der Waals surface area contributed by atoms with Crippen molar-refractivity contribution in [1.82, 2.24) is 20.2 Å². The highest BCUT2D eigenvalue weighted by Gasteiger charge is 2.24. The summed E-state index contributed by atoms with van der Waals surface area (Å²) in [5, 5.41) is 10.7. The number of rotatable bonds is 13. The zero-order valence-corrected chi connectivity index (χ0v) is 28.0. The summed E-state index contributed by atoms with van der Waals surface area (Å²) in [6, 6.07) is 10.2. The fourth-order valence-electron chi connectivity index (χ4n) is 5.41. The number of amides is 1. The van der Waals surface area contributed by atoms with Crippen LogP contribution in [0.2, 0.25) is 0 Å². The summed E-state index contributed by atoms with van der Waals surface area (Å²) in [5.41, 5.74) is 2.59. The summed E-state index contributed by atoms with van der Waals surface area (Å²) in [4.78, 5) is 26.2. The van der Waals surface area contributed by atoms with Crippen LogP contribution in [0, 0.1) is 0 Å². The number of carbonyl (C=O) groups is 1. The topological polar surface area (TPSA) is 122 Å². The van der Waals surface area contributed by atoms with Gasteiger partial charge in [-0.15, -0.1) is 0 Å². The molecule has 1 aromatic heterocycles. The molecule has 12 nitrogen and oxygen atoms in total. The van der Waals surface area contributed by atoms with Crippen LogP contribution >= 0.6 is 0 Å². The van der Waals surface area contributed by atoms with E-state index >= 15 is 0 Å². The van der Waals surface area contributed by atoms with E-state index in [2.05, 4.69) is 45.9 Å². The highest BCUT2D eigenvalue weighted by molar-refractivity contribution is 5.92. The van der Waals surface area contributed by atoms with Crippen molar-refractivity contribution in [3.8, 4) is 17.2 Å². The van der Waals surface area contributed by atoms with E-state index in [0.717, 1.165) is 54.9 Å². The monoisotopic (exact) mass is 623 g/mol. The third kappa shape index (κ3) is 9.16. The van der Waals surface area contributed by atoms with Crippen LogP contribution in [0.25, 0.3) is 10.9 Å². The molecule has 1 saturated heterocycles. The van der Waals surface area contributed by atoms with Gasteiger partial charge in [0.25, 0.3) is 0 Å². The van der Waals surface area contributed by atoms with Gasteiger partial charge in [0.05, 0.1) is 26.8 Å². The average molecular weight is 624 g/mol. The number of ether oxygens (including phenoxy) is 4. The molecule has 4 rings (SSSR count). The number of hydrogen-bond acceptors (Lipinski definition) is 11. The molecule has 1 aliphatic rings. The van der Waals surface area contributed by atoms with Crippen LogP contribution in [0.5, 0.6) is 17.2 Å². The second-order valence-electron chi connectivity index (χ2n) is 12.4. The van der Waals surface area contributed by atoms with E-state index in [1.165, 1.54) is 11.3 Å². The normalized spacial score (nSPS) is 14.1. The van der Waals surface area contributed by atoms with E-state index in [1.807, 2.05) is 45.0 Å². The molecule has 12 heteroatoms. The van der Waals surface area contributed by atoms with Gasteiger partial charge in [0.2, 0.25) is 5.95 Å². The van der Waals surface area contributed by atoms with Gasteiger partial charge in [-0.25, -0.2) is 9.78 Å². The smallest absolute Gasteiger partial charge is 0.407 e.